The Morgan fingerprint density at radius 3 is 2.34 bits per heavy atom. The number of carboxylic acids is 1. The van der Waals surface area contributed by atoms with Gasteiger partial charge in [-0.05, 0) is 69.0 Å². The first kappa shape index (κ1) is 35.7. The quantitative estimate of drug-likeness (QED) is 0.253. The van der Waals surface area contributed by atoms with Gasteiger partial charge in [-0.25, -0.2) is 18.4 Å². The summed E-state index contributed by atoms with van der Waals surface area (Å²) in [7, 11) is 5.10. The van der Waals surface area contributed by atoms with Crippen molar-refractivity contribution in [1.82, 2.24) is 20.0 Å². The Kier molecular flexibility index (Phi) is 10.9. The number of nitrogens with zero attached hydrogens (tertiary/aromatic N) is 3. The number of ether oxygens (including phenoxy) is 2. The third kappa shape index (κ3) is 7.89. The number of alkyl halides is 3. The molecule has 1 saturated carbocycles. The van der Waals surface area contributed by atoms with Crippen LogP contribution in [0.2, 0.25) is 5.15 Å². The van der Waals surface area contributed by atoms with Crippen LogP contribution in [0.4, 0.5) is 32.4 Å². The van der Waals surface area contributed by atoms with Crippen molar-refractivity contribution in [2.45, 2.75) is 62.8 Å². The summed E-state index contributed by atoms with van der Waals surface area (Å²) in [5.74, 6) is -3.37. The van der Waals surface area contributed by atoms with Crippen molar-refractivity contribution in [3.8, 4) is 11.5 Å². The maximum absolute atomic E-state index is 13.6. The molecular weight excluding hydrogens is 653 g/mol. The smallest absolute Gasteiger partial charge is 0.490 e. The van der Waals surface area contributed by atoms with E-state index in [1.807, 2.05) is 20.0 Å². The van der Waals surface area contributed by atoms with Crippen LogP contribution in [0.5, 0.6) is 11.5 Å². The van der Waals surface area contributed by atoms with Gasteiger partial charge >= 0.3 is 18.2 Å². The highest BCUT2D eigenvalue weighted by atomic mass is 35.5. The Morgan fingerprint density at radius 2 is 1.77 bits per heavy atom. The lowest BCUT2D eigenvalue weighted by atomic mass is 9.65. The Morgan fingerprint density at radius 1 is 1.09 bits per heavy atom. The van der Waals surface area contributed by atoms with E-state index < -0.39 is 29.8 Å². The van der Waals surface area contributed by atoms with Crippen molar-refractivity contribution in [2.75, 3.05) is 26.1 Å². The number of carbonyl (C=O) groups excluding carboxylic acids is 1. The Hall–Kier alpha value is -4.11. The number of aromatic nitrogens is 2. The minimum Gasteiger partial charge on any atom is -0.493 e. The molecular formula is C31H35ClF5N5O5. The molecule has 2 amide bonds. The maximum atomic E-state index is 13.6. The molecule has 1 aromatic heterocycles. The van der Waals surface area contributed by atoms with Crippen LogP contribution in [-0.2, 0) is 23.8 Å². The van der Waals surface area contributed by atoms with Crippen molar-refractivity contribution in [1.29, 1.82) is 0 Å². The fourth-order valence-electron chi connectivity index (χ4n) is 6.43. The standard InChI is InChI=1S/C29H34ClF2N5O3.C2HF3O2/c1-17-21(27(30)36(2)35-17)16-37-12-11-29(18-5-8-24(39-3)25(13-18)40-4)10-9-20(15-26(29)37)34-28(38)33-19-6-7-22(31)23(32)14-19;3-2(4,5)1(6)7/h5-8,13-14,20,26H,9-12,15-16H2,1-4H3,(H2,33,34,38);(H,6,7)/t20-,26+,29+;/m1./s1. The summed E-state index contributed by atoms with van der Waals surface area (Å²) in [6, 6.07) is 8.96. The molecule has 1 aliphatic heterocycles. The molecule has 10 nitrogen and oxygen atoms in total. The predicted octanol–water partition coefficient (Wildman–Crippen LogP) is 6.20. The minimum atomic E-state index is -5.08. The first-order valence-electron chi connectivity index (χ1n) is 14.6. The summed E-state index contributed by atoms with van der Waals surface area (Å²) in [5.41, 5.74) is 3.11. The highest BCUT2D eigenvalue weighted by Gasteiger charge is 2.52. The van der Waals surface area contributed by atoms with Gasteiger partial charge in [0.2, 0.25) is 0 Å². The number of halogens is 6. The lowest BCUT2D eigenvalue weighted by Gasteiger charge is -2.45. The number of hydrogen-bond acceptors (Lipinski definition) is 6. The van der Waals surface area contributed by atoms with Gasteiger partial charge in [-0.15, -0.1) is 0 Å². The lowest BCUT2D eigenvalue weighted by molar-refractivity contribution is -0.192. The Bertz CT molecular complexity index is 1620. The van der Waals surface area contributed by atoms with Gasteiger partial charge in [0.15, 0.2) is 23.1 Å². The summed E-state index contributed by atoms with van der Waals surface area (Å²) in [5, 5.41) is 17.9. The van der Waals surface area contributed by atoms with E-state index in [1.165, 1.54) is 11.6 Å². The number of hydrogen-bond donors (Lipinski definition) is 3. The van der Waals surface area contributed by atoms with Crippen molar-refractivity contribution >= 4 is 29.3 Å². The summed E-state index contributed by atoms with van der Waals surface area (Å²) >= 11 is 6.62. The zero-order valence-electron chi connectivity index (χ0n) is 26.1. The largest absolute Gasteiger partial charge is 0.493 e. The second kappa shape index (κ2) is 14.3. The number of methoxy groups -OCH3 is 2. The molecule has 0 spiro atoms. The second-order valence-electron chi connectivity index (χ2n) is 11.4. The summed E-state index contributed by atoms with van der Waals surface area (Å²) < 4.78 is 71.5. The zero-order valence-corrected chi connectivity index (χ0v) is 26.8. The maximum Gasteiger partial charge on any atom is 0.490 e. The van der Waals surface area contributed by atoms with Crippen LogP contribution in [-0.4, -0.2) is 70.8 Å². The molecule has 0 bridgehead atoms. The van der Waals surface area contributed by atoms with Gasteiger partial charge in [-0.1, -0.05) is 17.7 Å². The average Bonchev–Trinajstić information content (AvgIpc) is 3.50. The number of aliphatic carboxylic acids is 1. The number of urea groups is 1. The van der Waals surface area contributed by atoms with E-state index >= 15 is 0 Å². The van der Waals surface area contributed by atoms with Gasteiger partial charge in [-0.3, -0.25) is 9.58 Å². The molecule has 3 aromatic rings. The van der Waals surface area contributed by atoms with Crippen molar-refractivity contribution in [2.24, 2.45) is 7.05 Å². The van der Waals surface area contributed by atoms with Gasteiger partial charge < -0.3 is 25.2 Å². The highest BCUT2D eigenvalue weighted by molar-refractivity contribution is 6.30. The number of fused-ring (bicyclic) bond motifs is 1. The van der Waals surface area contributed by atoms with Gasteiger partial charge in [0, 0.05) is 48.4 Å². The Labute approximate surface area is 272 Å². The monoisotopic (exact) mass is 687 g/mol. The number of nitrogens with one attached hydrogen (secondary N) is 2. The van der Waals surface area contributed by atoms with E-state index in [0.717, 1.165) is 49.2 Å². The first-order valence-corrected chi connectivity index (χ1v) is 14.9. The van der Waals surface area contributed by atoms with Crippen molar-refractivity contribution in [3.63, 3.8) is 0 Å². The molecule has 3 atom stereocenters. The number of rotatable bonds is 7. The van der Waals surface area contributed by atoms with Crippen LogP contribution >= 0.6 is 11.6 Å². The predicted molar refractivity (Wildman–Crippen MR) is 163 cm³/mol. The van der Waals surface area contributed by atoms with Crippen LogP contribution in [0.3, 0.4) is 0 Å². The fraction of sp³-hybridized carbons (Fsp3) is 0.452. The van der Waals surface area contributed by atoms with Crippen molar-refractivity contribution in [3.05, 3.63) is 70.0 Å². The van der Waals surface area contributed by atoms with Crippen LogP contribution in [0.25, 0.3) is 0 Å². The summed E-state index contributed by atoms with van der Waals surface area (Å²) in [4.78, 5) is 24.2. The number of amides is 2. The third-order valence-corrected chi connectivity index (χ3v) is 9.19. The molecule has 256 valence electrons. The van der Waals surface area contributed by atoms with E-state index in [4.69, 9.17) is 31.0 Å². The highest BCUT2D eigenvalue weighted by Crippen LogP contribution is 2.51. The lowest BCUT2D eigenvalue weighted by Crippen LogP contribution is -2.52. The Balaban J connectivity index is 0.000000644. The number of likely N-dealkylation sites (tertiary alicyclic amines) is 1. The van der Waals surface area contributed by atoms with Crippen LogP contribution < -0.4 is 20.1 Å². The molecule has 5 rings (SSSR count). The average molecular weight is 688 g/mol. The first-order chi connectivity index (χ1) is 22.1. The van der Waals surface area contributed by atoms with Gasteiger partial charge in [0.1, 0.15) is 5.15 Å². The molecule has 1 aliphatic carbocycles. The summed E-state index contributed by atoms with van der Waals surface area (Å²) in [6.07, 6.45) is -1.83. The zero-order chi connectivity index (χ0) is 34.7. The second-order valence-corrected chi connectivity index (χ2v) is 11.8. The van der Waals surface area contributed by atoms with Gasteiger partial charge in [0.25, 0.3) is 0 Å². The van der Waals surface area contributed by atoms with Crippen LogP contribution in [0.15, 0.2) is 36.4 Å². The number of carboxylic acid groups (broad SMARTS) is 1. The molecule has 2 aromatic carbocycles. The van der Waals surface area contributed by atoms with Gasteiger partial charge in [0.05, 0.1) is 19.9 Å². The molecule has 0 unspecified atom stereocenters. The molecule has 2 aliphatic rings. The van der Waals surface area contributed by atoms with E-state index in [0.29, 0.717) is 29.6 Å². The van der Waals surface area contributed by atoms with E-state index in [9.17, 15) is 26.7 Å². The van der Waals surface area contributed by atoms with E-state index in [1.54, 1.807) is 18.9 Å². The minimum absolute atomic E-state index is 0.101. The molecule has 0 radical (unpaired) electrons. The van der Waals surface area contributed by atoms with Crippen LogP contribution in [0, 0.1) is 18.6 Å². The number of aryl methyl sites for hydroxylation is 2. The summed E-state index contributed by atoms with van der Waals surface area (Å²) in [6.45, 7) is 3.47. The van der Waals surface area contributed by atoms with E-state index in [-0.39, 0.29) is 23.2 Å². The molecule has 1 saturated heterocycles. The molecule has 2 heterocycles. The molecule has 3 N–H and O–H groups in total. The number of anilines is 1. The van der Waals surface area contributed by atoms with Gasteiger partial charge in [-0.2, -0.15) is 18.3 Å². The molecule has 16 heteroatoms. The third-order valence-electron chi connectivity index (χ3n) is 8.72. The number of benzene rings is 2. The topological polar surface area (TPSA) is 118 Å². The normalized spacial score (nSPS) is 20.9. The number of carbonyl (C=O) groups is 2. The molecule has 47 heavy (non-hydrogen) atoms. The van der Waals surface area contributed by atoms with Crippen LogP contribution in [0.1, 0.15) is 42.5 Å². The fourth-order valence-corrected chi connectivity index (χ4v) is 6.67. The SMILES string of the molecule is COc1ccc([C@@]23CC[C@@H](NC(=O)Nc4ccc(F)c(F)c4)C[C@@H]2N(Cc2c(C)nn(C)c2Cl)CC3)cc1OC.O=C(O)C(F)(F)F. The van der Waals surface area contributed by atoms with Crippen molar-refractivity contribution < 1.29 is 46.1 Å². The molecule has 2 fully saturated rings. The van der Waals surface area contributed by atoms with E-state index in [2.05, 4.69) is 32.8 Å².